The minimum absolute atomic E-state index is 0.324. The van der Waals surface area contributed by atoms with E-state index in [9.17, 15) is 13.2 Å². The number of aromatic nitrogens is 5. The molecule has 0 bridgehead atoms. The molecule has 1 N–H and O–H groups in total. The predicted molar refractivity (Wildman–Crippen MR) is 73.1 cm³/mol. The molecule has 5 nitrogen and oxygen atoms in total. The Morgan fingerprint density at radius 2 is 2.00 bits per heavy atom. The molecule has 22 heavy (non-hydrogen) atoms. The molecule has 0 fully saturated rings. The third-order valence-electron chi connectivity index (χ3n) is 3.44. The fourth-order valence-corrected chi connectivity index (χ4v) is 2.40. The van der Waals surface area contributed by atoms with E-state index in [1.54, 1.807) is 18.5 Å². The lowest BCUT2D eigenvalue weighted by atomic mass is 10.0. The summed E-state index contributed by atoms with van der Waals surface area (Å²) < 4.78 is 40.7. The van der Waals surface area contributed by atoms with E-state index in [1.165, 1.54) is 16.9 Å². The molecule has 110 valence electrons. The molecule has 3 heterocycles. The maximum atomic E-state index is 13.1. The number of nitrogens with one attached hydrogen (secondary N) is 1. The van der Waals surface area contributed by atoms with Gasteiger partial charge in [-0.2, -0.15) is 23.4 Å². The van der Waals surface area contributed by atoms with Crippen LogP contribution in [0.15, 0.2) is 43.0 Å². The van der Waals surface area contributed by atoms with Crippen molar-refractivity contribution in [3.05, 3.63) is 48.5 Å². The number of halogens is 3. The number of hydrogen-bond acceptors (Lipinski definition) is 3. The van der Waals surface area contributed by atoms with Crippen molar-refractivity contribution in [3.63, 3.8) is 0 Å². The molecular formula is C14H8F3N5. The molecule has 0 aliphatic rings. The molecule has 0 spiro atoms. The minimum Gasteiger partial charge on any atom is -0.278 e. The zero-order valence-electron chi connectivity index (χ0n) is 11.0. The van der Waals surface area contributed by atoms with Crippen LogP contribution in [0.3, 0.4) is 0 Å². The number of fused-ring (bicyclic) bond motifs is 2. The number of hydrogen-bond donors (Lipinski definition) is 1. The molecule has 3 aromatic heterocycles. The van der Waals surface area contributed by atoms with Crippen molar-refractivity contribution in [2.45, 2.75) is 6.18 Å². The fourth-order valence-electron chi connectivity index (χ4n) is 2.40. The average Bonchev–Trinajstić information content (AvgIpc) is 3.13. The van der Waals surface area contributed by atoms with Crippen LogP contribution in [0.1, 0.15) is 5.56 Å². The molecule has 0 amide bonds. The van der Waals surface area contributed by atoms with E-state index in [0.717, 1.165) is 12.1 Å². The number of aromatic amines is 1. The van der Waals surface area contributed by atoms with Gasteiger partial charge in [0.15, 0.2) is 5.65 Å². The molecule has 1 aromatic carbocycles. The Labute approximate surface area is 121 Å². The molecule has 4 rings (SSSR count). The van der Waals surface area contributed by atoms with E-state index in [-0.39, 0.29) is 0 Å². The van der Waals surface area contributed by atoms with Crippen LogP contribution >= 0.6 is 0 Å². The Morgan fingerprint density at radius 1 is 1.14 bits per heavy atom. The van der Waals surface area contributed by atoms with Crippen molar-refractivity contribution < 1.29 is 13.2 Å². The highest BCUT2D eigenvalue weighted by molar-refractivity contribution is 5.94. The fraction of sp³-hybridized carbons (Fsp3) is 0.0714. The van der Waals surface area contributed by atoms with E-state index >= 15 is 0 Å². The lowest BCUT2D eigenvalue weighted by molar-refractivity contribution is -0.137. The predicted octanol–water partition coefficient (Wildman–Crippen LogP) is 3.29. The van der Waals surface area contributed by atoms with Gasteiger partial charge in [0.05, 0.1) is 23.5 Å². The van der Waals surface area contributed by atoms with Crippen LogP contribution in [-0.2, 0) is 6.18 Å². The van der Waals surface area contributed by atoms with Gasteiger partial charge in [0.2, 0.25) is 0 Å². The second-order valence-electron chi connectivity index (χ2n) is 4.83. The molecule has 4 aromatic rings. The van der Waals surface area contributed by atoms with Crippen molar-refractivity contribution in [1.82, 2.24) is 24.8 Å². The molecule has 0 atom stereocenters. The van der Waals surface area contributed by atoms with Crippen LogP contribution in [0.25, 0.3) is 27.7 Å². The topological polar surface area (TPSA) is 58.9 Å². The molecular weight excluding hydrogens is 295 g/mol. The molecule has 0 saturated heterocycles. The van der Waals surface area contributed by atoms with Gasteiger partial charge in [0.25, 0.3) is 0 Å². The largest absolute Gasteiger partial charge is 0.416 e. The van der Waals surface area contributed by atoms with Crippen molar-refractivity contribution in [1.29, 1.82) is 0 Å². The summed E-state index contributed by atoms with van der Waals surface area (Å²) in [6.07, 6.45) is 1.81. The van der Waals surface area contributed by atoms with E-state index in [1.807, 2.05) is 0 Å². The lowest BCUT2D eigenvalue weighted by Crippen LogP contribution is -2.05. The van der Waals surface area contributed by atoms with Crippen molar-refractivity contribution in [2.24, 2.45) is 0 Å². The first-order valence-corrected chi connectivity index (χ1v) is 6.36. The molecule has 0 unspecified atom stereocenters. The summed E-state index contributed by atoms with van der Waals surface area (Å²) in [5.74, 6) is 0. The summed E-state index contributed by atoms with van der Waals surface area (Å²) in [4.78, 5) is 4.19. The van der Waals surface area contributed by atoms with Crippen molar-refractivity contribution in [3.8, 4) is 11.1 Å². The maximum absolute atomic E-state index is 13.1. The van der Waals surface area contributed by atoms with E-state index in [0.29, 0.717) is 27.7 Å². The van der Waals surface area contributed by atoms with E-state index < -0.39 is 11.7 Å². The lowest BCUT2D eigenvalue weighted by Gasteiger charge is -2.10. The first kappa shape index (κ1) is 12.8. The number of rotatable bonds is 1. The van der Waals surface area contributed by atoms with Gasteiger partial charge < -0.3 is 0 Å². The average molecular weight is 303 g/mol. The van der Waals surface area contributed by atoms with Crippen LogP contribution in [0.5, 0.6) is 0 Å². The van der Waals surface area contributed by atoms with Crippen molar-refractivity contribution >= 4 is 16.6 Å². The monoisotopic (exact) mass is 303 g/mol. The molecule has 8 heteroatoms. The highest BCUT2D eigenvalue weighted by atomic mass is 19.4. The summed E-state index contributed by atoms with van der Waals surface area (Å²) in [6, 6.07) is 3.86. The van der Waals surface area contributed by atoms with Gasteiger partial charge in [-0.3, -0.25) is 5.10 Å². The highest BCUT2D eigenvalue weighted by Gasteiger charge is 2.31. The highest BCUT2D eigenvalue weighted by Crippen LogP contribution is 2.36. The summed E-state index contributed by atoms with van der Waals surface area (Å²) in [6.45, 7) is 0. The standard InChI is InChI=1S/C14H8F3N5/c15-14(16,17)9-3-10(11-6-19-21-12(11)4-9)8-5-18-13-1-2-20-22(13)7-8/h1-7H,(H,19,21). The van der Waals surface area contributed by atoms with Crippen LogP contribution in [0.4, 0.5) is 13.2 Å². The second-order valence-corrected chi connectivity index (χ2v) is 4.83. The SMILES string of the molecule is FC(F)(F)c1cc(-c2cnc3ccnn3c2)c2cn[nH]c2c1. The zero-order valence-corrected chi connectivity index (χ0v) is 11.0. The van der Waals surface area contributed by atoms with Crippen LogP contribution in [0.2, 0.25) is 0 Å². The number of nitrogens with zero attached hydrogens (tertiary/aromatic N) is 4. The summed E-state index contributed by atoms with van der Waals surface area (Å²) in [7, 11) is 0. The Morgan fingerprint density at radius 3 is 2.82 bits per heavy atom. The summed E-state index contributed by atoms with van der Waals surface area (Å²) >= 11 is 0. The van der Waals surface area contributed by atoms with Gasteiger partial charge in [0, 0.05) is 29.4 Å². The van der Waals surface area contributed by atoms with Crippen LogP contribution in [0, 0.1) is 0 Å². The summed E-state index contributed by atoms with van der Waals surface area (Å²) in [5, 5.41) is 11.1. The van der Waals surface area contributed by atoms with Crippen LogP contribution < -0.4 is 0 Å². The Balaban J connectivity index is 2.01. The normalized spacial score (nSPS) is 12.3. The van der Waals surface area contributed by atoms with Gasteiger partial charge in [0.1, 0.15) is 0 Å². The van der Waals surface area contributed by atoms with Gasteiger partial charge in [-0.05, 0) is 17.7 Å². The van der Waals surface area contributed by atoms with Gasteiger partial charge >= 0.3 is 6.18 Å². The summed E-state index contributed by atoms with van der Waals surface area (Å²) in [5.41, 5.74) is 1.15. The quantitative estimate of drug-likeness (QED) is 0.587. The Kier molecular flexibility index (Phi) is 2.50. The molecule has 0 aliphatic heterocycles. The molecule has 0 radical (unpaired) electrons. The number of benzene rings is 1. The molecule has 0 aliphatic carbocycles. The van der Waals surface area contributed by atoms with Gasteiger partial charge in [-0.15, -0.1) is 0 Å². The van der Waals surface area contributed by atoms with Crippen molar-refractivity contribution in [2.75, 3.05) is 0 Å². The van der Waals surface area contributed by atoms with E-state index in [2.05, 4.69) is 20.3 Å². The third kappa shape index (κ3) is 1.92. The minimum atomic E-state index is -4.43. The Hall–Kier alpha value is -2.90. The molecule has 0 saturated carbocycles. The first-order chi connectivity index (χ1) is 10.5. The van der Waals surface area contributed by atoms with Crippen LogP contribution in [-0.4, -0.2) is 24.8 Å². The Bertz CT molecular complexity index is 983. The first-order valence-electron chi connectivity index (χ1n) is 6.36. The zero-order chi connectivity index (χ0) is 15.3. The number of alkyl halides is 3. The third-order valence-corrected chi connectivity index (χ3v) is 3.44. The smallest absolute Gasteiger partial charge is 0.278 e. The maximum Gasteiger partial charge on any atom is 0.416 e. The van der Waals surface area contributed by atoms with Gasteiger partial charge in [-0.25, -0.2) is 9.50 Å². The number of H-pyrrole nitrogens is 1. The van der Waals surface area contributed by atoms with Gasteiger partial charge in [-0.1, -0.05) is 0 Å². The van der Waals surface area contributed by atoms with E-state index in [4.69, 9.17) is 0 Å². The second kappa shape index (κ2) is 4.30.